The van der Waals surface area contributed by atoms with Gasteiger partial charge in [-0.3, -0.25) is 0 Å². The SMILES string of the molecule is CC(C)(C)COCCCS(=O)(=O)NC(C)(C)c1ccccc1. The monoisotopic (exact) mass is 327 g/mol. The van der Waals surface area contributed by atoms with Crippen molar-refractivity contribution in [1.82, 2.24) is 4.72 Å². The molecule has 0 saturated heterocycles. The Kier molecular flexibility index (Phi) is 6.59. The van der Waals surface area contributed by atoms with Crippen LogP contribution in [0.2, 0.25) is 0 Å². The summed E-state index contributed by atoms with van der Waals surface area (Å²) in [6.45, 7) is 11.1. The highest BCUT2D eigenvalue weighted by molar-refractivity contribution is 7.89. The van der Waals surface area contributed by atoms with Gasteiger partial charge in [0.2, 0.25) is 10.0 Å². The third kappa shape index (κ3) is 7.38. The second-order valence-electron chi connectivity index (χ2n) is 7.38. The molecule has 1 rings (SSSR count). The topological polar surface area (TPSA) is 55.4 Å². The Morgan fingerprint density at radius 1 is 1.05 bits per heavy atom. The maximum Gasteiger partial charge on any atom is 0.212 e. The largest absolute Gasteiger partial charge is 0.381 e. The molecule has 126 valence electrons. The lowest BCUT2D eigenvalue weighted by Crippen LogP contribution is -2.42. The highest BCUT2D eigenvalue weighted by atomic mass is 32.2. The van der Waals surface area contributed by atoms with Crippen molar-refractivity contribution in [2.75, 3.05) is 19.0 Å². The van der Waals surface area contributed by atoms with Gasteiger partial charge in [0.25, 0.3) is 0 Å². The lowest BCUT2D eigenvalue weighted by atomic mass is 9.96. The smallest absolute Gasteiger partial charge is 0.212 e. The highest BCUT2D eigenvalue weighted by Crippen LogP contribution is 2.20. The third-order valence-corrected chi connectivity index (χ3v) is 4.79. The average Bonchev–Trinajstić information content (AvgIpc) is 2.36. The highest BCUT2D eigenvalue weighted by Gasteiger charge is 2.26. The van der Waals surface area contributed by atoms with Crippen molar-refractivity contribution in [2.45, 2.75) is 46.6 Å². The van der Waals surface area contributed by atoms with Crippen LogP contribution in [0.15, 0.2) is 30.3 Å². The van der Waals surface area contributed by atoms with Gasteiger partial charge in [-0.25, -0.2) is 13.1 Å². The van der Waals surface area contributed by atoms with Crippen LogP contribution in [0.1, 0.15) is 46.6 Å². The zero-order valence-corrected chi connectivity index (χ0v) is 15.2. The second-order valence-corrected chi connectivity index (χ2v) is 9.22. The molecule has 4 nitrogen and oxygen atoms in total. The van der Waals surface area contributed by atoms with E-state index in [9.17, 15) is 8.42 Å². The standard InChI is InChI=1S/C17H29NO3S/c1-16(2,3)14-21-12-9-13-22(19,20)18-17(4,5)15-10-7-6-8-11-15/h6-8,10-11,18H,9,12-14H2,1-5H3. The van der Waals surface area contributed by atoms with E-state index in [-0.39, 0.29) is 11.2 Å². The first-order valence-electron chi connectivity index (χ1n) is 7.67. The molecule has 1 aromatic carbocycles. The fraction of sp³-hybridized carbons (Fsp3) is 0.647. The van der Waals surface area contributed by atoms with Crippen molar-refractivity contribution in [2.24, 2.45) is 5.41 Å². The maximum absolute atomic E-state index is 12.2. The van der Waals surface area contributed by atoms with E-state index in [0.29, 0.717) is 19.6 Å². The Bertz CT molecular complexity index is 545. The zero-order valence-electron chi connectivity index (χ0n) is 14.3. The van der Waals surface area contributed by atoms with Crippen molar-refractivity contribution in [3.8, 4) is 0 Å². The number of ether oxygens (including phenoxy) is 1. The lowest BCUT2D eigenvalue weighted by Gasteiger charge is -2.26. The van der Waals surface area contributed by atoms with Crippen molar-refractivity contribution in [3.05, 3.63) is 35.9 Å². The molecule has 0 aliphatic carbocycles. The quantitative estimate of drug-likeness (QED) is 0.745. The molecule has 0 aromatic heterocycles. The first-order valence-corrected chi connectivity index (χ1v) is 9.32. The Morgan fingerprint density at radius 3 is 2.18 bits per heavy atom. The van der Waals surface area contributed by atoms with Gasteiger partial charge in [0.15, 0.2) is 0 Å². The average molecular weight is 327 g/mol. The van der Waals surface area contributed by atoms with Gasteiger partial charge >= 0.3 is 0 Å². The molecule has 0 fully saturated rings. The summed E-state index contributed by atoms with van der Waals surface area (Å²) in [6, 6.07) is 9.59. The van der Waals surface area contributed by atoms with Crippen molar-refractivity contribution < 1.29 is 13.2 Å². The Balaban J connectivity index is 2.47. The Morgan fingerprint density at radius 2 is 1.64 bits per heavy atom. The van der Waals surface area contributed by atoms with E-state index < -0.39 is 15.6 Å². The molecule has 0 atom stereocenters. The van der Waals surface area contributed by atoms with Crippen LogP contribution in [0.4, 0.5) is 0 Å². The number of sulfonamides is 1. The van der Waals surface area contributed by atoms with E-state index >= 15 is 0 Å². The van der Waals surface area contributed by atoms with E-state index in [0.717, 1.165) is 5.56 Å². The second kappa shape index (κ2) is 7.57. The van der Waals surface area contributed by atoms with Gasteiger partial charge in [0, 0.05) is 6.61 Å². The summed E-state index contributed by atoms with van der Waals surface area (Å²) in [6.07, 6.45) is 0.496. The Hall–Kier alpha value is -0.910. The molecule has 0 amide bonds. The van der Waals surface area contributed by atoms with Crippen LogP contribution in [0, 0.1) is 5.41 Å². The lowest BCUT2D eigenvalue weighted by molar-refractivity contribution is 0.0720. The van der Waals surface area contributed by atoms with E-state index in [1.54, 1.807) is 0 Å². The van der Waals surface area contributed by atoms with E-state index in [2.05, 4.69) is 25.5 Å². The predicted molar refractivity (Wildman–Crippen MR) is 91.3 cm³/mol. The van der Waals surface area contributed by atoms with Crippen LogP contribution in [0.3, 0.4) is 0 Å². The molecule has 0 aliphatic rings. The molecule has 0 unspecified atom stereocenters. The summed E-state index contributed by atoms with van der Waals surface area (Å²) >= 11 is 0. The summed E-state index contributed by atoms with van der Waals surface area (Å²) in [4.78, 5) is 0. The van der Waals surface area contributed by atoms with Gasteiger partial charge in [-0.1, -0.05) is 51.1 Å². The third-order valence-electron chi connectivity index (χ3n) is 3.14. The van der Waals surface area contributed by atoms with Gasteiger partial charge in [-0.15, -0.1) is 0 Å². The van der Waals surface area contributed by atoms with Crippen molar-refractivity contribution in [1.29, 1.82) is 0 Å². The van der Waals surface area contributed by atoms with Gasteiger partial charge < -0.3 is 4.74 Å². The van der Waals surface area contributed by atoms with E-state index in [1.807, 2.05) is 44.2 Å². The molecule has 5 heteroatoms. The minimum Gasteiger partial charge on any atom is -0.381 e. The molecule has 1 N–H and O–H groups in total. The summed E-state index contributed by atoms with van der Waals surface area (Å²) < 4.78 is 32.7. The van der Waals surface area contributed by atoms with Gasteiger partial charge in [-0.2, -0.15) is 0 Å². The molecule has 0 aliphatic heterocycles. The molecule has 22 heavy (non-hydrogen) atoms. The van der Waals surface area contributed by atoms with Crippen LogP contribution < -0.4 is 4.72 Å². The summed E-state index contributed by atoms with van der Waals surface area (Å²) in [7, 11) is -3.33. The Labute approximate surface area is 135 Å². The molecule has 1 aromatic rings. The van der Waals surface area contributed by atoms with Crippen LogP contribution in [-0.2, 0) is 20.3 Å². The summed E-state index contributed by atoms with van der Waals surface area (Å²) in [5.74, 6) is 0.0768. The number of rotatable bonds is 8. The zero-order chi connectivity index (χ0) is 16.9. The molecule has 0 spiro atoms. The minimum atomic E-state index is -3.33. The van der Waals surface area contributed by atoms with Crippen molar-refractivity contribution in [3.63, 3.8) is 0 Å². The molecule has 0 saturated carbocycles. The molecule has 0 heterocycles. The predicted octanol–water partition coefficient (Wildman–Crippen LogP) is 3.29. The normalized spacial score (nSPS) is 13.3. The van der Waals surface area contributed by atoms with Crippen LogP contribution in [-0.4, -0.2) is 27.4 Å². The summed E-state index contributed by atoms with van der Waals surface area (Å²) in [5.41, 5.74) is 0.432. The molecule has 0 bridgehead atoms. The maximum atomic E-state index is 12.2. The van der Waals surface area contributed by atoms with E-state index in [1.165, 1.54) is 0 Å². The van der Waals surface area contributed by atoms with Gasteiger partial charge in [0.05, 0.1) is 17.9 Å². The summed E-state index contributed by atoms with van der Waals surface area (Å²) in [5, 5.41) is 0. The molecular formula is C17H29NO3S. The first kappa shape index (κ1) is 19.1. The number of hydrogen-bond donors (Lipinski definition) is 1. The van der Waals surface area contributed by atoms with Crippen LogP contribution >= 0.6 is 0 Å². The fourth-order valence-electron chi connectivity index (χ4n) is 2.08. The number of hydrogen-bond acceptors (Lipinski definition) is 3. The molecule has 0 radical (unpaired) electrons. The number of nitrogens with one attached hydrogen (secondary N) is 1. The van der Waals surface area contributed by atoms with Crippen molar-refractivity contribution >= 4 is 10.0 Å². The minimum absolute atomic E-state index is 0.0768. The van der Waals surface area contributed by atoms with Crippen LogP contribution in [0.5, 0.6) is 0 Å². The van der Waals surface area contributed by atoms with Crippen LogP contribution in [0.25, 0.3) is 0 Å². The van der Waals surface area contributed by atoms with Gasteiger partial charge in [0.1, 0.15) is 0 Å². The fourth-order valence-corrected chi connectivity index (χ4v) is 3.58. The molecular weight excluding hydrogens is 298 g/mol. The first-order chi connectivity index (χ1) is 10.0. The van der Waals surface area contributed by atoms with Gasteiger partial charge in [-0.05, 0) is 31.2 Å². The number of benzene rings is 1. The van der Waals surface area contributed by atoms with E-state index in [4.69, 9.17) is 4.74 Å².